The highest BCUT2D eigenvalue weighted by molar-refractivity contribution is 5.89. The first-order chi connectivity index (χ1) is 11.5. The molecule has 2 aliphatic heterocycles. The molecule has 2 fully saturated rings. The van der Waals surface area contributed by atoms with Crippen LogP contribution in [-0.4, -0.2) is 71.4 Å². The van der Waals surface area contributed by atoms with Crippen LogP contribution in [0, 0.1) is 5.92 Å². The van der Waals surface area contributed by atoms with Gasteiger partial charge < -0.3 is 19.3 Å². The number of carbonyl (C=O) groups is 2. The average Bonchev–Trinajstić information content (AvgIpc) is 3.23. The number of likely N-dealkylation sites (N-methyl/N-ethyl adjacent to an activating group) is 1. The van der Waals surface area contributed by atoms with Crippen molar-refractivity contribution in [3.63, 3.8) is 0 Å². The van der Waals surface area contributed by atoms with Gasteiger partial charge in [-0.2, -0.15) is 0 Å². The molecule has 0 N–H and O–H groups in total. The fourth-order valence-electron chi connectivity index (χ4n) is 3.87. The summed E-state index contributed by atoms with van der Waals surface area (Å²) < 4.78 is 2.10. The maximum absolute atomic E-state index is 13.0. The summed E-state index contributed by atoms with van der Waals surface area (Å²) in [6, 6.07) is 4.28. The lowest BCUT2D eigenvalue weighted by Gasteiger charge is -2.28. The minimum atomic E-state index is -0.180. The van der Waals surface area contributed by atoms with Crippen molar-refractivity contribution in [3.8, 4) is 0 Å². The lowest BCUT2D eigenvalue weighted by Crippen LogP contribution is -2.38. The van der Waals surface area contributed by atoms with Crippen LogP contribution < -0.4 is 0 Å². The van der Waals surface area contributed by atoms with Gasteiger partial charge in [-0.1, -0.05) is 0 Å². The van der Waals surface area contributed by atoms with E-state index >= 15 is 0 Å². The summed E-state index contributed by atoms with van der Waals surface area (Å²) in [6.07, 6.45) is 4.43. The van der Waals surface area contributed by atoms with Gasteiger partial charge in [0.05, 0.1) is 12.0 Å². The Balaban J connectivity index is 1.66. The number of nitrogens with zero attached hydrogens (tertiary/aromatic N) is 4. The largest absolute Gasteiger partial charge is 0.353 e. The third kappa shape index (κ3) is 3.34. The van der Waals surface area contributed by atoms with Crippen LogP contribution in [0.15, 0.2) is 18.3 Å². The zero-order chi connectivity index (χ0) is 17.3. The van der Waals surface area contributed by atoms with Crippen molar-refractivity contribution in [3.05, 3.63) is 24.0 Å². The molecule has 2 saturated heterocycles. The van der Waals surface area contributed by atoms with Crippen LogP contribution in [0.3, 0.4) is 0 Å². The first-order valence-electron chi connectivity index (χ1n) is 8.81. The Kier molecular flexibility index (Phi) is 4.94. The standard InChI is InChI=1S/C18H28N4O2/c1-19(2)10-11-21-13-14(12-17(21)23)18(24)22-9-5-7-16(22)15-6-4-8-20(15)3/h4,6,8,14,16H,5,7,9-13H2,1-3H3. The van der Waals surface area contributed by atoms with Crippen molar-refractivity contribution in [2.75, 3.05) is 40.3 Å². The first kappa shape index (κ1) is 17.0. The van der Waals surface area contributed by atoms with Gasteiger partial charge in [-0.3, -0.25) is 9.59 Å². The second-order valence-corrected chi connectivity index (χ2v) is 7.28. The molecule has 6 heteroatoms. The zero-order valence-corrected chi connectivity index (χ0v) is 14.9. The van der Waals surface area contributed by atoms with Gasteiger partial charge in [0.25, 0.3) is 0 Å². The summed E-state index contributed by atoms with van der Waals surface area (Å²) in [5.74, 6) is 0.0877. The Labute approximate surface area is 144 Å². The number of hydrogen-bond acceptors (Lipinski definition) is 3. The summed E-state index contributed by atoms with van der Waals surface area (Å²) >= 11 is 0. The molecule has 24 heavy (non-hydrogen) atoms. The molecule has 1 aromatic heterocycles. The Bertz CT molecular complexity index is 610. The molecule has 2 amide bonds. The molecule has 2 atom stereocenters. The van der Waals surface area contributed by atoms with Crippen molar-refractivity contribution in [1.29, 1.82) is 0 Å². The van der Waals surface area contributed by atoms with Crippen LogP contribution in [0.25, 0.3) is 0 Å². The highest BCUT2D eigenvalue weighted by Gasteiger charge is 2.40. The quantitative estimate of drug-likeness (QED) is 0.811. The highest BCUT2D eigenvalue weighted by Crippen LogP contribution is 2.34. The maximum Gasteiger partial charge on any atom is 0.228 e. The topological polar surface area (TPSA) is 48.8 Å². The molecule has 2 aliphatic rings. The smallest absolute Gasteiger partial charge is 0.228 e. The van der Waals surface area contributed by atoms with Crippen LogP contribution >= 0.6 is 0 Å². The second kappa shape index (κ2) is 6.97. The number of rotatable bonds is 5. The normalized spacial score (nSPS) is 24.4. The highest BCUT2D eigenvalue weighted by atomic mass is 16.2. The lowest BCUT2D eigenvalue weighted by molar-refractivity contribution is -0.136. The van der Waals surface area contributed by atoms with E-state index in [-0.39, 0.29) is 23.8 Å². The van der Waals surface area contributed by atoms with Crippen molar-refractivity contribution < 1.29 is 9.59 Å². The SMILES string of the molecule is CN(C)CCN1CC(C(=O)N2CCCC2c2cccn2C)CC1=O. The van der Waals surface area contributed by atoms with Gasteiger partial charge in [-0.15, -0.1) is 0 Å². The molecule has 0 aromatic carbocycles. The van der Waals surface area contributed by atoms with Crippen molar-refractivity contribution in [1.82, 2.24) is 19.3 Å². The van der Waals surface area contributed by atoms with Gasteiger partial charge >= 0.3 is 0 Å². The van der Waals surface area contributed by atoms with Crippen LogP contribution in [0.1, 0.15) is 31.0 Å². The van der Waals surface area contributed by atoms with E-state index in [1.807, 2.05) is 43.2 Å². The predicted molar refractivity (Wildman–Crippen MR) is 92.3 cm³/mol. The number of hydrogen-bond donors (Lipinski definition) is 0. The number of aromatic nitrogens is 1. The third-order valence-corrected chi connectivity index (χ3v) is 5.24. The molecule has 3 rings (SSSR count). The molecule has 0 spiro atoms. The van der Waals surface area contributed by atoms with E-state index in [1.165, 1.54) is 5.69 Å². The Morgan fingerprint density at radius 2 is 2.17 bits per heavy atom. The molecular weight excluding hydrogens is 304 g/mol. The van der Waals surface area contributed by atoms with E-state index in [4.69, 9.17) is 0 Å². The second-order valence-electron chi connectivity index (χ2n) is 7.28. The van der Waals surface area contributed by atoms with Gasteiger partial charge in [0.2, 0.25) is 11.8 Å². The molecule has 132 valence electrons. The van der Waals surface area contributed by atoms with Crippen LogP contribution in [0.4, 0.5) is 0 Å². The van der Waals surface area contributed by atoms with E-state index < -0.39 is 0 Å². The number of amides is 2. The minimum Gasteiger partial charge on any atom is -0.353 e. The number of carbonyl (C=O) groups excluding carboxylic acids is 2. The van der Waals surface area contributed by atoms with Gasteiger partial charge in [0.1, 0.15) is 0 Å². The molecule has 0 bridgehead atoms. The monoisotopic (exact) mass is 332 g/mol. The molecule has 0 aliphatic carbocycles. The number of likely N-dealkylation sites (tertiary alicyclic amines) is 2. The Hall–Kier alpha value is -1.82. The van der Waals surface area contributed by atoms with E-state index in [2.05, 4.69) is 15.5 Å². The third-order valence-electron chi connectivity index (χ3n) is 5.24. The molecular formula is C18H28N4O2. The van der Waals surface area contributed by atoms with Gasteiger partial charge in [0, 0.05) is 51.5 Å². The lowest BCUT2D eigenvalue weighted by atomic mass is 10.1. The molecule has 1 aromatic rings. The Morgan fingerprint density at radius 1 is 1.38 bits per heavy atom. The van der Waals surface area contributed by atoms with E-state index in [0.29, 0.717) is 19.5 Å². The molecule has 6 nitrogen and oxygen atoms in total. The van der Waals surface area contributed by atoms with Gasteiger partial charge in [-0.25, -0.2) is 0 Å². The van der Waals surface area contributed by atoms with Gasteiger partial charge in [0.15, 0.2) is 0 Å². The van der Waals surface area contributed by atoms with Crippen LogP contribution in [-0.2, 0) is 16.6 Å². The van der Waals surface area contributed by atoms with E-state index in [0.717, 1.165) is 25.9 Å². The summed E-state index contributed by atoms with van der Waals surface area (Å²) in [6.45, 7) is 2.91. The average molecular weight is 332 g/mol. The first-order valence-corrected chi connectivity index (χ1v) is 8.81. The van der Waals surface area contributed by atoms with Crippen molar-refractivity contribution >= 4 is 11.8 Å². The number of aryl methyl sites for hydroxylation is 1. The maximum atomic E-state index is 13.0. The van der Waals surface area contributed by atoms with Crippen LogP contribution in [0.5, 0.6) is 0 Å². The van der Waals surface area contributed by atoms with E-state index in [9.17, 15) is 9.59 Å². The van der Waals surface area contributed by atoms with Crippen LogP contribution in [0.2, 0.25) is 0 Å². The predicted octanol–water partition coefficient (Wildman–Crippen LogP) is 1.10. The summed E-state index contributed by atoms with van der Waals surface area (Å²) in [7, 11) is 6.02. The van der Waals surface area contributed by atoms with Crippen molar-refractivity contribution in [2.24, 2.45) is 13.0 Å². The summed E-state index contributed by atoms with van der Waals surface area (Å²) in [5, 5.41) is 0. The molecule has 2 unspecified atom stereocenters. The minimum absolute atomic E-state index is 0.116. The fourth-order valence-corrected chi connectivity index (χ4v) is 3.87. The van der Waals surface area contributed by atoms with E-state index in [1.54, 1.807) is 0 Å². The molecule has 0 saturated carbocycles. The fraction of sp³-hybridized carbons (Fsp3) is 0.667. The summed E-state index contributed by atoms with van der Waals surface area (Å²) in [5.41, 5.74) is 1.19. The molecule has 3 heterocycles. The van der Waals surface area contributed by atoms with Crippen molar-refractivity contribution in [2.45, 2.75) is 25.3 Å². The summed E-state index contributed by atoms with van der Waals surface area (Å²) in [4.78, 5) is 31.1. The zero-order valence-electron chi connectivity index (χ0n) is 14.9. The Morgan fingerprint density at radius 3 is 2.83 bits per heavy atom. The van der Waals surface area contributed by atoms with Gasteiger partial charge in [-0.05, 0) is 39.1 Å². The molecule has 0 radical (unpaired) electrons.